The number of aromatic nitrogens is 2. The lowest BCUT2D eigenvalue weighted by Crippen LogP contribution is -2.09. The molecule has 1 rings (SSSR count). The Labute approximate surface area is 63.8 Å². The van der Waals surface area contributed by atoms with E-state index in [1.165, 1.54) is 17.7 Å². The number of rotatable bonds is 2. The van der Waals surface area contributed by atoms with Gasteiger partial charge in [0.25, 0.3) is 5.56 Å². The van der Waals surface area contributed by atoms with Crippen LogP contribution in [0.15, 0.2) is 10.9 Å². The highest BCUT2D eigenvalue weighted by molar-refractivity contribution is 5.77. The van der Waals surface area contributed by atoms with Gasteiger partial charge in [-0.15, -0.1) is 0 Å². The summed E-state index contributed by atoms with van der Waals surface area (Å²) in [5.41, 5.74) is 0.561. The van der Waals surface area contributed by atoms with Crippen molar-refractivity contribution in [1.82, 2.24) is 9.78 Å². The van der Waals surface area contributed by atoms with Crippen LogP contribution in [0.25, 0.3) is 0 Å². The van der Waals surface area contributed by atoms with Crippen molar-refractivity contribution >= 4 is 5.78 Å². The maximum absolute atomic E-state index is 10.8. The summed E-state index contributed by atoms with van der Waals surface area (Å²) < 4.78 is 1.35. The molecule has 4 heteroatoms. The third-order valence-electron chi connectivity index (χ3n) is 1.38. The predicted octanol–water partition coefficient (Wildman–Crippen LogP) is -0.155. The fourth-order valence-electron chi connectivity index (χ4n) is 0.907. The Hall–Kier alpha value is -1.32. The second-order valence-corrected chi connectivity index (χ2v) is 2.56. The highest BCUT2D eigenvalue weighted by atomic mass is 16.1. The first-order valence-corrected chi connectivity index (χ1v) is 3.34. The minimum Gasteiger partial charge on any atom is -0.300 e. The van der Waals surface area contributed by atoms with Crippen LogP contribution in [-0.4, -0.2) is 15.6 Å². The molecule has 0 fully saturated rings. The molecule has 0 radical (unpaired) electrons. The molecule has 0 saturated carbocycles. The molecule has 1 heterocycles. The van der Waals surface area contributed by atoms with Gasteiger partial charge in [0, 0.05) is 25.2 Å². The molecular weight excluding hydrogens is 144 g/mol. The minimum atomic E-state index is -0.110. The maximum Gasteiger partial charge on any atom is 0.266 e. The van der Waals surface area contributed by atoms with Crippen LogP contribution in [-0.2, 0) is 18.3 Å². The van der Waals surface area contributed by atoms with Gasteiger partial charge in [0.15, 0.2) is 0 Å². The van der Waals surface area contributed by atoms with Crippen molar-refractivity contribution in [2.45, 2.75) is 13.3 Å². The van der Waals surface area contributed by atoms with Gasteiger partial charge in [-0.05, 0) is 6.92 Å². The fraction of sp³-hybridized carbons (Fsp3) is 0.429. The van der Waals surface area contributed by atoms with E-state index < -0.39 is 0 Å². The first-order chi connectivity index (χ1) is 5.09. The number of hydrogen-bond donors (Lipinski definition) is 1. The highest BCUT2D eigenvalue weighted by Gasteiger charge is 2.01. The fourth-order valence-corrected chi connectivity index (χ4v) is 0.907. The van der Waals surface area contributed by atoms with E-state index in [0.717, 1.165) is 0 Å². The lowest BCUT2D eigenvalue weighted by Gasteiger charge is -1.90. The number of nitrogens with zero attached hydrogens (tertiary/aromatic N) is 1. The zero-order valence-electron chi connectivity index (χ0n) is 6.55. The van der Waals surface area contributed by atoms with Gasteiger partial charge in [-0.25, -0.2) is 0 Å². The van der Waals surface area contributed by atoms with Crippen LogP contribution in [0.4, 0.5) is 0 Å². The number of aromatic amines is 1. The van der Waals surface area contributed by atoms with Crippen LogP contribution in [0.2, 0.25) is 0 Å². The first kappa shape index (κ1) is 7.78. The van der Waals surface area contributed by atoms with Crippen molar-refractivity contribution in [3.8, 4) is 0 Å². The second kappa shape index (κ2) is 2.74. The number of carbonyl (C=O) groups is 1. The van der Waals surface area contributed by atoms with Gasteiger partial charge in [0.1, 0.15) is 5.78 Å². The van der Waals surface area contributed by atoms with Crippen LogP contribution in [0.1, 0.15) is 12.6 Å². The van der Waals surface area contributed by atoms with E-state index in [-0.39, 0.29) is 11.3 Å². The average molecular weight is 154 g/mol. The van der Waals surface area contributed by atoms with Crippen molar-refractivity contribution in [3.05, 3.63) is 22.1 Å². The Kier molecular flexibility index (Phi) is 1.94. The summed E-state index contributed by atoms with van der Waals surface area (Å²) in [5, 5.41) is 2.76. The van der Waals surface area contributed by atoms with Gasteiger partial charge in [-0.1, -0.05) is 0 Å². The SMILES string of the molecule is CC(=O)Cc1cc(=O)n(C)[nH]1. The average Bonchev–Trinajstić information content (AvgIpc) is 2.10. The summed E-state index contributed by atoms with van der Waals surface area (Å²) in [6.45, 7) is 1.49. The summed E-state index contributed by atoms with van der Waals surface area (Å²) in [7, 11) is 1.62. The molecule has 1 aromatic rings. The molecule has 1 N–H and O–H groups in total. The molecule has 0 bridgehead atoms. The summed E-state index contributed by atoms with van der Waals surface area (Å²) in [6.07, 6.45) is 0.302. The van der Waals surface area contributed by atoms with Gasteiger partial charge < -0.3 is 0 Å². The molecule has 0 spiro atoms. The molecule has 0 atom stereocenters. The molecular formula is C7H10N2O2. The molecule has 1 aromatic heterocycles. The van der Waals surface area contributed by atoms with Crippen LogP contribution in [0.5, 0.6) is 0 Å². The van der Waals surface area contributed by atoms with E-state index in [1.54, 1.807) is 7.05 Å². The molecule has 0 unspecified atom stereocenters. The van der Waals surface area contributed by atoms with Gasteiger partial charge in [0.05, 0.1) is 0 Å². The van der Waals surface area contributed by atoms with E-state index in [4.69, 9.17) is 0 Å². The van der Waals surface area contributed by atoms with Gasteiger partial charge in [-0.3, -0.25) is 19.4 Å². The molecule has 0 aromatic carbocycles. The third kappa shape index (κ3) is 1.80. The van der Waals surface area contributed by atoms with E-state index in [9.17, 15) is 9.59 Å². The summed E-state index contributed by atoms with van der Waals surface area (Å²) >= 11 is 0. The molecule has 0 amide bonds. The quantitative estimate of drug-likeness (QED) is 0.643. The molecule has 11 heavy (non-hydrogen) atoms. The number of H-pyrrole nitrogens is 1. The largest absolute Gasteiger partial charge is 0.300 e. The molecule has 4 nitrogen and oxygen atoms in total. The Bertz CT molecular complexity index is 321. The zero-order chi connectivity index (χ0) is 8.43. The first-order valence-electron chi connectivity index (χ1n) is 3.34. The Balaban J connectivity index is 2.89. The van der Waals surface area contributed by atoms with E-state index in [0.29, 0.717) is 12.1 Å². The molecule has 0 aliphatic rings. The van der Waals surface area contributed by atoms with Crippen molar-refractivity contribution < 1.29 is 4.79 Å². The number of nitrogens with one attached hydrogen (secondary N) is 1. The molecule has 0 saturated heterocycles. The summed E-state index contributed by atoms with van der Waals surface area (Å²) in [6, 6.07) is 1.43. The second-order valence-electron chi connectivity index (χ2n) is 2.56. The number of hydrogen-bond acceptors (Lipinski definition) is 2. The molecule has 0 aliphatic carbocycles. The number of aryl methyl sites for hydroxylation is 1. The Morgan fingerprint density at radius 1 is 1.73 bits per heavy atom. The summed E-state index contributed by atoms with van der Waals surface area (Å²) in [5.74, 6) is 0.0480. The number of carbonyl (C=O) groups excluding carboxylic acids is 1. The Morgan fingerprint density at radius 3 is 2.73 bits per heavy atom. The van der Waals surface area contributed by atoms with Crippen molar-refractivity contribution in [2.75, 3.05) is 0 Å². The molecule has 60 valence electrons. The van der Waals surface area contributed by atoms with Gasteiger partial charge in [-0.2, -0.15) is 0 Å². The van der Waals surface area contributed by atoms with Crippen LogP contribution in [0, 0.1) is 0 Å². The topological polar surface area (TPSA) is 54.9 Å². The lowest BCUT2D eigenvalue weighted by molar-refractivity contribution is -0.116. The maximum atomic E-state index is 10.8. The normalized spacial score (nSPS) is 10.0. The highest BCUT2D eigenvalue weighted by Crippen LogP contribution is 1.90. The van der Waals surface area contributed by atoms with Gasteiger partial charge in [0.2, 0.25) is 0 Å². The van der Waals surface area contributed by atoms with E-state index in [1.807, 2.05) is 0 Å². The number of Topliss-reactive ketones (excluding diaryl/α,β-unsaturated/α-hetero) is 1. The van der Waals surface area contributed by atoms with Crippen molar-refractivity contribution in [1.29, 1.82) is 0 Å². The predicted molar refractivity (Wildman–Crippen MR) is 40.4 cm³/mol. The standard InChI is InChI=1S/C7H10N2O2/c1-5(10)3-6-4-7(11)9(2)8-6/h4,8H,3H2,1-2H3. The molecule has 0 aliphatic heterocycles. The zero-order valence-corrected chi connectivity index (χ0v) is 6.55. The van der Waals surface area contributed by atoms with Gasteiger partial charge >= 0.3 is 0 Å². The minimum absolute atomic E-state index is 0.0480. The summed E-state index contributed by atoms with van der Waals surface area (Å²) in [4.78, 5) is 21.4. The van der Waals surface area contributed by atoms with Crippen molar-refractivity contribution in [3.63, 3.8) is 0 Å². The lowest BCUT2D eigenvalue weighted by atomic mass is 10.2. The van der Waals surface area contributed by atoms with Crippen LogP contribution < -0.4 is 5.56 Å². The monoisotopic (exact) mass is 154 g/mol. The Morgan fingerprint density at radius 2 is 2.36 bits per heavy atom. The van der Waals surface area contributed by atoms with Crippen molar-refractivity contribution in [2.24, 2.45) is 7.05 Å². The smallest absolute Gasteiger partial charge is 0.266 e. The third-order valence-corrected chi connectivity index (χ3v) is 1.38. The van der Waals surface area contributed by atoms with Crippen LogP contribution in [0.3, 0.4) is 0 Å². The van der Waals surface area contributed by atoms with E-state index in [2.05, 4.69) is 5.10 Å². The van der Waals surface area contributed by atoms with E-state index >= 15 is 0 Å². The van der Waals surface area contributed by atoms with Crippen LogP contribution >= 0.6 is 0 Å². The number of ketones is 1.